The zero-order chi connectivity index (χ0) is 10.5. The molecule has 0 unspecified atom stereocenters. The average molecular weight is 314 g/mol. The van der Waals surface area contributed by atoms with Gasteiger partial charge in [-0.2, -0.15) is 5.10 Å². The summed E-state index contributed by atoms with van der Waals surface area (Å²) in [6, 6.07) is 9.92. The molecule has 0 saturated heterocycles. The largest absolute Gasteiger partial charge is 0.492 e. The first-order valence-corrected chi connectivity index (χ1v) is 5.78. The Labute approximate surface area is 102 Å². The van der Waals surface area contributed by atoms with Gasteiger partial charge in [0.1, 0.15) is 12.4 Å². The molecule has 4 heteroatoms. The summed E-state index contributed by atoms with van der Waals surface area (Å²) in [5.74, 6) is 0.911. The molecule has 0 aliphatic rings. The topological polar surface area (TPSA) is 27.1 Å². The third-order valence-electron chi connectivity index (χ3n) is 1.94. The molecule has 0 bridgehead atoms. The maximum absolute atomic E-state index is 5.59. The molecule has 78 valence electrons. The highest BCUT2D eigenvalue weighted by Gasteiger charge is 1.95. The van der Waals surface area contributed by atoms with Gasteiger partial charge in [0.25, 0.3) is 0 Å². The second-order valence-electron chi connectivity index (χ2n) is 3.07. The number of benzene rings is 1. The number of ether oxygens (including phenoxy) is 1. The molecule has 1 aromatic carbocycles. The van der Waals surface area contributed by atoms with E-state index in [1.54, 1.807) is 6.20 Å². The molecule has 0 spiro atoms. The van der Waals surface area contributed by atoms with Gasteiger partial charge in [-0.15, -0.1) is 0 Å². The lowest BCUT2D eigenvalue weighted by Gasteiger charge is -2.06. The molecule has 0 saturated carbocycles. The van der Waals surface area contributed by atoms with Crippen LogP contribution in [0.3, 0.4) is 0 Å². The summed E-state index contributed by atoms with van der Waals surface area (Å²) in [6.07, 6.45) is 3.70. The molecule has 0 amide bonds. The van der Waals surface area contributed by atoms with Crippen molar-refractivity contribution in [2.24, 2.45) is 0 Å². The van der Waals surface area contributed by atoms with Crippen molar-refractivity contribution in [3.05, 3.63) is 46.3 Å². The van der Waals surface area contributed by atoms with Crippen molar-refractivity contribution >= 4 is 22.6 Å². The Morgan fingerprint density at radius 3 is 3.00 bits per heavy atom. The summed E-state index contributed by atoms with van der Waals surface area (Å²) >= 11 is 2.27. The fraction of sp³-hybridized carbons (Fsp3) is 0.182. The minimum absolute atomic E-state index is 0.641. The third kappa shape index (κ3) is 3.23. The monoisotopic (exact) mass is 314 g/mol. The van der Waals surface area contributed by atoms with Crippen LogP contribution in [0.1, 0.15) is 0 Å². The van der Waals surface area contributed by atoms with Crippen LogP contribution in [0.4, 0.5) is 0 Å². The van der Waals surface area contributed by atoms with E-state index in [0.29, 0.717) is 6.61 Å². The molecular weight excluding hydrogens is 303 g/mol. The summed E-state index contributed by atoms with van der Waals surface area (Å²) in [7, 11) is 0. The second-order valence-corrected chi connectivity index (χ2v) is 4.32. The van der Waals surface area contributed by atoms with Gasteiger partial charge in [0.05, 0.1) is 6.54 Å². The Morgan fingerprint density at radius 1 is 1.33 bits per heavy atom. The third-order valence-corrected chi connectivity index (χ3v) is 2.62. The van der Waals surface area contributed by atoms with Crippen LogP contribution >= 0.6 is 22.6 Å². The zero-order valence-corrected chi connectivity index (χ0v) is 10.3. The average Bonchev–Trinajstić information content (AvgIpc) is 2.71. The highest BCUT2D eigenvalue weighted by molar-refractivity contribution is 14.1. The van der Waals surface area contributed by atoms with Crippen LogP contribution in [-0.4, -0.2) is 16.4 Å². The molecule has 15 heavy (non-hydrogen) atoms. The Balaban J connectivity index is 1.83. The lowest BCUT2D eigenvalue weighted by Crippen LogP contribution is -2.08. The van der Waals surface area contributed by atoms with Crippen LogP contribution in [0.15, 0.2) is 42.7 Å². The van der Waals surface area contributed by atoms with E-state index in [2.05, 4.69) is 27.7 Å². The number of rotatable bonds is 4. The first-order valence-electron chi connectivity index (χ1n) is 4.70. The molecule has 1 aromatic heterocycles. The van der Waals surface area contributed by atoms with E-state index in [9.17, 15) is 0 Å². The Kier molecular flexibility index (Phi) is 3.60. The second kappa shape index (κ2) is 5.16. The van der Waals surface area contributed by atoms with Gasteiger partial charge in [0.15, 0.2) is 0 Å². The van der Waals surface area contributed by atoms with E-state index in [0.717, 1.165) is 12.3 Å². The number of aromatic nitrogens is 2. The van der Waals surface area contributed by atoms with Crippen LogP contribution in [0, 0.1) is 3.57 Å². The molecule has 3 nitrogen and oxygen atoms in total. The van der Waals surface area contributed by atoms with Crippen molar-refractivity contribution in [2.45, 2.75) is 6.54 Å². The normalized spacial score (nSPS) is 10.2. The fourth-order valence-corrected chi connectivity index (χ4v) is 1.76. The van der Waals surface area contributed by atoms with E-state index in [-0.39, 0.29) is 0 Å². The zero-order valence-electron chi connectivity index (χ0n) is 8.14. The van der Waals surface area contributed by atoms with Gasteiger partial charge in [-0.25, -0.2) is 0 Å². The molecule has 0 atom stereocenters. The Hall–Kier alpha value is -1.04. The molecule has 0 radical (unpaired) electrons. The van der Waals surface area contributed by atoms with E-state index >= 15 is 0 Å². The highest BCUT2D eigenvalue weighted by Crippen LogP contribution is 2.14. The van der Waals surface area contributed by atoms with E-state index in [4.69, 9.17) is 4.74 Å². The number of nitrogens with zero attached hydrogens (tertiary/aromatic N) is 2. The summed E-state index contributed by atoms with van der Waals surface area (Å²) < 4.78 is 8.63. The SMILES string of the molecule is Ic1cccc(OCCn2cccn2)c1. The molecular formula is C11H11IN2O. The molecule has 1 heterocycles. The minimum atomic E-state index is 0.641. The van der Waals surface area contributed by atoms with Crippen molar-refractivity contribution in [3.63, 3.8) is 0 Å². The molecule has 2 aromatic rings. The van der Waals surface area contributed by atoms with Gasteiger partial charge >= 0.3 is 0 Å². The summed E-state index contributed by atoms with van der Waals surface area (Å²) in [4.78, 5) is 0. The van der Waals surface area contributed by atoms with Crippen LogP contribution in [0.25, 0.3) is 0 Å². The minimum Gasteiger partial charge on any atom is -0.492 e. The van der Waals surface area contributed by atoms with Crippen LogP contribution in [0.2, 0.25) is 0 Å². The lowest BCUT2D eigenvalue weighted by molar-refractivity contribution is 0.291. The molecule has 0 N–H and O–H groups in total. The van der Waals surface area contributed by atoms with Gasteiger partial charge in [0.2, 0.25) is 0 Å². The van der Waals surface area contributed by atoms with Crippen molar-refractivity contribution in [1.82, 2.24) is 9.78 Å². The summed E-state index contributed by atoms with van der Waals surface area (Å²) in [6.45, 7) is 1.42. The molecule has 0 aliphatic carbocycles. The van der Waals surface area contributed by atoms with Gasteiger partial charge in [-0.3, -0.25) is 4.68 Å². The molecule has 0 aliphatic heterocycles. The molecule has 2 rings (SSSR count). The van der Waals surface area contributed by atoms with Crippen LogP contribution in [0.5, 0.6) is 5.75 Å². The smallest absolute Gasteiger partial charge is 0.120 e. The van der Waals surface area contributed by atoms with Crippen LogP contribution in [-0.2, 0) is 6.54 Å². The van der Waals surface area contributed by atoms with E-state index in [1.807, 2.05) is 41.2 Å². The fourth-order valence-electron chi connectivity index (χ4n) is 1.25. The highest BCUT2D eigenvalue weighted by atomic mass is 127. The van der Waals surface area contributed by atoms with E-state index in [1.165, 1.54) is 3.57 Å². The van der Waals surface area contributed by atoms with Crippen molar-refractivity contribution in [3.8, 4) is 5.75 Å². The number of halogens is 1. The Morgan fingerprint density at radius 2 is 2.27 bits per heavy atom. The maximum atomic E-state index is 5.59. The standard InChI is InChI=1S/C11H11IN2O/c12-10-3-1-4-11(9-10)15-8-7-14-6-2-5-13-14/h1-6,9H,7-8H2. The van der Waals surface area contributed by atoms with Crippen molar-refractivity contribution in [2.75, 3.05) is 6.61 Å². The quantitative estimate of drug-likeness (QED) is 0.811. The first-order chi connectivity index (χ1) is 7.34. The predicted molar refractivity (Wildman–Crippen MR) is 66.9 cm³/mol. The van der Waals surface area contributed by atoms with E-state index < -0.39 is 0 Å². The predicted octanol–water partition coefficient (Wildman–Crippen LogP) is 2.57. The number of hydrogen-bond acceptors (Lipinski definition) is 2. The lowest BCUT2D eigenvalue weighted by atomic mass is 10.3. The molecule has 0 fully saturated rings. The maximum Gasteiger partial charge on any atom is 0.120 e. The van der Waals surface area contributed by atoms with Gasteiger partial charge in [-0.1, -0.05) is 6.07 Å². The van der Waals surface area contributed by atoms with Crippen LogP contribution < -0.4 is 4.74 Å². The van der Waals surface area contributed by atoms with Gasteiger partial charge in [0, 0.05) is 16.0 Å². The number of hydrogen-bond donors (Lipinski definition) is 0. The summed E-state index contributed by atoms with van der Waals surface area (Å²) in [5.41, 5.74) is 0. The first kappa shape index (κ1) is 10.5. The van der Waals surface area contributed by atoms with Gasteiger partial charge in [-0.05, 0) is 46.9 Å². The summed E-state index contributed by atoms with van der Waals surface area (Å²) in [5, 5.41) is 4.10. The van der Waals surface area contributed by atoms with Gasteiger partial charge < -0.3 is 4.74 Å². The van der Waals surface area contributed by atoms with Crippen molar-refractivity contribution in [1.29, 1.82) is 0 Å². The van der Waals surface area contributed by atoms with Crippen molar-refractivity contribution < 1.29 is 4.74 Å². The Bertz CT molecular complexity index is 414.